The van der Waals surface area contributed by atoms with Gasteiger partial charge in [0.05, 0.1) is 18.8 Å². The highest BCUT2D eigenvalue weighted by atomic mass is 16.5. The summed E-state index contributed by atoms with van der Waals surface area (Å²) >= 11 is 0. The van der Waals surface area contributed by atoms with Crippen LogP contribution >= 0.6 is 0 Å². The second kappa shape index (κ2) is 9.13. The van der Waals surface area contributed by atoms with Gasteiger partial charge in [-0.25, -0.2) is 4.79 Å². The van der Waals surface area contributed by atoms with Crippen LogP contribution in [0.25, 0.3) is 0 Å². The largest absolute Gasteiger partial charge is 0.462 e. The number of rotatable bonds is 7. The van der Waals surface area contributed by atoms with Crippen LogP contribution < -0.4 is 0 Å². The van der Waals surface area contributed by atoms with E-state index in [9.17, 15) is 4.79 Å². The molecule has 0 spiro atoms. The number of hydrogen-bond acceptors (Lipinski definition) is 3. The smallest absolute Gasteiger partial charge is 0.336 e. The fraction of sp³-hybridized carbons (Fsp3) is 0.812. The van der Waals surface area contributed by atoms with Gasteiger partial charge in [0.1, 0.15) is 0 Å². The number of carbonyl (C=O) groups excluding carboxylic acids is 1. The third-order valence-electron chi connectivity index (χ3n) is 3.36. The summed E-state index contributed by atoms with van der Waals surface area (Å²) in [6.07, 6.45) is 8.33. The molecule has 0 unspecified atom stereocenters. The summed E-state index contributed by atoms with van der Waals surface area (Å²) in [6.45, 7) is 7.51. The van der Waals surface area contributed by atoms with Gasteiger partial charge in [-0.2, -0.15) is 0 Å². The number of hydrogen-bond donors (Lipinski definition) is 0. The van der Waals surface area contributed by atoms with Gasteiger partial charge in [-0.3, -0.25) is 0 Å². The summed E-state index contributed by atoms with van der Waals surface area (Å²) in [5.41, 5.74) is 0.703. The van der Waals surface area contributed by atoms with Crippen molar-refractivity contribution in [2.24, 2.45) is 11.8 Å². The molecule has 1 rings (SSSR count). The first-order chi connectivity index (χ1) is 9.13. The first-order valence-electron chi connectivity index (χ1n) is 7.59. The molecular weight excluding hydrogens is 240 g/mol. The topological polar surface area (TPSA) is 35.5 Å². The van der Waals surface area contributed by atoms with Crippen molar-refractivity contribution in [3.63, 3.8) is 0 Å². The van der Waals surface area contributed by atoms with Gasteiger partial charge in [0.15, 0.2) is 0 Å². The van der Waals surface area contributed by atoms with Gasteiger partial charge in [0.2, 0.25) is 0 Å². The van der Waals surface area contributed by atoms with Crippen LogP contribution in [-0.4, -0.2) is 25.8 Å². The Morgan fingerprint density at radius 2 is 1.95 bits per heavy atom. The quantitative estimate of drug-likeness (QED) is 0.521. The molecule has 0 radical (unpaired) electrons. The SMILES string of the molecule is CCOCC(=CC1CCCCC1)C(=O)OCC(C)C. The van der Waals surface area contributed by atoms with Crippen LogP contribution in [0.15, 0.2) is 11.6 Å². The first kappa shape index (κ1) is 16.2. The molecule has 0 aromatic heterocycles. The highest BCUT2D eigenvalue weighted by Gasteiger charge is 2.17. The molecule has 0 heterocycles. The van der Waals surface area contributed by atoms with Crippen LogP contribution in [0.3, 0.4) is 0 Å². The Balaban J connectivity index is 2.58. The van der Waals surface area contributed by atoms with Gasteiger partial charge in [-0.1, -0.05) is 39.2 Å². The molecule has 0 atom stereocenters. The lowest BCUT2D eigenvalue weighted by Gasteiger charge is -2.19. The molecule has 0 aliphatic heterocycles. The van der Waals surface area contributed by atoms with Gasteiger partial charge in [0.25, 0.3) is 0 Å². The molecule has 0 bridgehead atoms. The van der Waals surface area contributed by atoms with Crippen molar-refractivity contribution >= 4 is 5.97 Å². The Kier molecular flexibility index (Phi) is 7.80. The molecule has 1 aliphatic carbocycles. The third-order valence-corrected chi connectivity index (χ3v) is 3.36. The van der Waals surface area contributed by atoms with E-state index in [4.69, 9.17) is 9.47 Å². The van der Waals surface area contributed by atoms with E-state index in [-0.39, 0.29) is 5.97 Å². The van der Waals surface area contributed by atoms with Crippen LogP contribution in [0.5, 0.6) is 0 Å². The lowest BCUT2D eigenvalue weighted by atomic mass is 9.88. The summed E-state index contributed by atoms with van der Waals surface area (Å²) < 4.78 is 10.7. The standard InChI is InChI=1S/C16H28O3/c1-4-18-12-15(16(17)19-11-13(2)3)10-14-8-6-5-7-9-14/h10,13-14H,4-9,11-12H2,1-3H3. The minimum absolute atomic E-state index is 0.201. The molecule has 3 heteroatoms. The molecule has 19 heavy (non-hydrogen) atoms. The Morgan fingerprint density at radius 1 is 1.26 bits per heavy atom. The van der Waals surface area contributed by atoms with Crippen molar-refractivity contribution in [2.45, 2.75) is 52.9 Å². The maximum Gasteiger partial charge on any atom is 0.336 e. The molecule has 0 aromatic rings. The molecule has 3 nitrogen and oxygen atoms in total. The van der Waals surface area contributed by atoms with Crippen molar-refractivity contribution in [3.8, 4) is 0 Å². The van der Waals surface area contributed by atoms with Crippen molar-refractivity contribution in [1.82, 2.24) is 0 Å². The minimum Gasteiger partial charge on any atom is -0.462 e. The Bertz CT molecular complexity index is 288. The van der Waals surface area contributed by atoms with E-state index in [1.54, 1.807) is 0 Å². The minimum atomic E-state index is -0.201. The molecule has 0 amide bonds. The van der Waals surface area contributed by atoms with E-state index in [0.717, 1.165) is 0 Å². The van der Waals surface area contributed by atoms with Crippen molar-refractivity contribution in [2.75, 3.05) is 19.8 Å². The van der Waals surface area contributed by atoms with E-state index >= 15 is 0 Å². The Hall–Kier alpha value is -0.830. The van der Waals surface area contributed by atoms with Gasteiger partial charge in [-0.15, -0.1) is 0 Å². The highest BCUT2D eigenvalue weighted by molar-refractivity contribution is 5.88. The molecule has 0 N–H and O–H groups in total. The Morgan fingerprint density at radius 3 is 2.53 bits per heavy atom. The lowest BCUT2D eigenvalue weighted by Crippen LogP contribution is -2.17. The van der Waals surface area contributed by atoms with E-state index in [1.165, 1.54) is 32.1 Å². The highest BCUT2D eigenvalue weighted by Crippen LogP contribution is 2.26. The summed E-state index contributed by atoms with van der Waals surface area (Å²) in [5, 5.41) is 0. The summed E-state index contributed by atoms with van der Waals surface area (Å²) in [5.74, 6) is 0.690. The molecule has 1 fully saturated rings. The average Bonchev–Trinajstić information content (AvgIpc) is 2.41. The molecule has 1 saturated carbocycles. The van der Waals surface area contributed by atoms with Gasteiger partial charge in [0, 0.05) is 6.61 Å². The first-order valence-corrected chi connectivity index (χ1v) is 7.59. The van der Waals surface area contributed by atoms with Crippen LogP contribution in [0, 0.1) is 11.8 Å². The summed E-state index contributed by atoms with van der Waals surface area (Å²) in [6, 6.07) is 0. The summed E-state index contributed by atoms with van der Waals surface area (Å²) in [7, 11) is 0. The second-order valence-corrected chi connectivity index (χ2v) is 5.72. The maximum atomic E-state index is 12.1. The van der Waals surface area contributed by atoms with Gasteiger partial charge in [-0.05, 0) is 31.6 Å². The Labute approximate surface area is 117 Å². The fourth-order valence-corrected chi connectivity index (χ4v) is 2.31. The molecule has 0 saturated heterocycles. The fourth-order valence-electron chi connectivity index (χ4n) is 2.31. The van der Waals surface area contributed by atoms with Crippen LogP contribution in [0.1, 0.15) is 52.9 Å². The van der Waals surface area contributed by atoms with Crippen molar-refractivity contribution in [3.05, 3.63) is 11.6 Å². The molecular formula is C16H28O3. The van der Waals surface area contributed by atoms with Crippen molar-refractivity contribution in [1.29, 1.82) is 0 Å². The zero-order valence-corrected chi connectivity index (χ0v) is 12.6. The van der Waals surface area contributed by atoms with E-state index in [0.29, 0.717) is 37.2 Å². The third kappa shape index (κ3) is 6.76. The van der Waals surface area contributed by atoms with Crippen LogP contribution in [0.2, 0.25) is 0 Å². The maximum absolute atomic E-state index is 12.1. The number of allylic oxidation sites excluding steroid dienone is 1. The number of esters is 1. The van der Waals surface area contributed by atoms with E-state index in [1.807, 2.05) is 20.8 Å². The number of ether oxygens (including phenoxy) is 2. The predicted molar refractivity (Wildman–Crippen MR) is 76.9 cm³/mol. The van der Waals surface area contributed by atoms with Gasteiger partial charge < -0.3 is 9.47 Å². The monoisotopic (exact) mass is 268 g/mol. The summed E-state index contributed by atoms with van der Waals surface area (Å²) in [4.78, 5) is 12.1. The van der Waals surface area contributed by atoms with E-state index < -0.39 is 0 Å². The van der Waals surface area contributed by atoms with Gasteiger partial charge >= 0.3 is 5.97 Å². The predicted octanol–water partition coefficient (Wildman–Crippen LogP) is 3.73. The van der Waals surface area contributed by atoms with Crippen LogP contribution in [0.4, 0.5) is 0 Å². The lowest BCUT2D eigenvalue weighted by molar-refractivity contribution is -0.140. The van der Waals surface area contributed by atoms with Crippen LogP contribution in [-0.2, 0) is 14.3 Å². The van der Waals surface area contributed by atoms with Crippen molar-refractivity contribution < 1.29 is 14.3 Å². The van der Waals surface area contributed by atoms with E-state index in [2.05, 4.69) is 6.08 Å². The average molecular weight is 268 g/mol. The zero-order chi connectivity index (χ0) is 14.1. The normalized spacial score (nSPS) is 17.8. The second-order valence-electron chi connectivity index (χ2n) is 5.72. The number of carbonyl (C=O) groups is 1. The molecule has 0 aromatic carbocycles. The zero-order valence-electron chi connectivity index (χ0n) is 12.6. The molecule has 1 aliphatic rings. The molecule has 110 valence electrons.